The summed E-state index contributed by atoms with van der Waals surface area (Å²) in [5.41, 5.74) is 2.58. The number of hydrogen-bond acceptors (Lipinski definition) is 3. The Kier molecular flexibility index (Phi) is 6.74. The van der Waals surface area contributed by atoms with Crippen LogP contribution in [0.2, 0.25) is 0 Å². The van der Waals surface area contributed by atoms with Gasteiger partial charge in [-0.25, -0.2) is 0 Å². The number of para-hydroxylation sites is 1. The van der Waals surface area contributed by atoms with Gasteiger partial charge in [-0.3, -0.25) is 4.79 Å². The third-order valence-corrected chi connectivity index (χ3v) is 5.53. The highest BCUT2D eigenvalue weighted by Gasteiger charge is 2.24. The highest BCUT2D eigenvalue weighted by molar-refractivity contribution is 5.82. The first-order valence-corrected chi connectivity index (χ1v) is 9.97. The van der Waals surface area contributed by atoms with Crippen LogP contribution in [0.5, 0.6) is 0 Å². The molecule has 1 amide bonds. The molecule has 138 valence electrons. The molecule has 1 saturated carbocycles. The smallest absolute Gasteiger partial charge is 0.239 e. The highest BCUT2D eigenvalue weighted by atomic mass is 16.5. The topological polar surface area (TPSA) is 41.6 Å². The summed E-state index contributed by atoms with van der Waals surface area (Å²) in [6, 6.07) is 8.87. The van der Waals surface area contributed by atoms with Crippen LogP contribution in [0.3, 0.4) is 0 Å². The van der Waals surface area contributed by atoms with Crippen LogP contribution in [-0.2, 0) is 16.0 Å². The van der Waals surface area contributed by atoms with Gasteiger partial charge < -0.3 is 15.0 Å². The van der Waals surface area contributed by atoms with Crippen LogP contribution in [0.1, 0.15) is 57.4 Å². The van der Waals surface area contributed by atoms with Gasteiger partial charge in [-0.05, 0) is 50.7 Å². The SMILES string of the molecule is CC1CCc2ccccc2N1CC(=O)NCCCOC1CCCCC1. The molecule has 25 heavy (non-hydrogen) atoms. The number of carbonyl (C=O) groups is 1. The average Bonchev–Trinajstić information content (AvgIpc) is 2.65. The van der Waals surface area contributed by atoms with E-state index in [1.165, 1.54) is 43.4 Å². The molecule has 1 unspecified atom stereocenters. The Morgan fingerprint density at radius 2 is 2.00 bits per heavy atom. The quantitative estimate of drug-likeness (QED) is 0.767. The first-order valence-electron chi connectivity index (χ1n) is 9.97. The number of nitrogens with zero attached hydrogens (tertiary/aromatic N) is 1. The van der Waals surface area contributed by atoms with Crippen molar-refractivity contribution in [3.63, 3.8) is 0 Å². The normalized spacial score (nSPS) is 21.0. The number of aryl methyl sites for hydroxylation is 1. The Morgan fingerprint density at radius 3 is 2.84 bits per heavy atom. The number of nitrogens with one attached hydrogen (secondary N) is 1. The molecule has 0 bridgehead atoms. The van der Waals surface area contributed by atoms with E-state index in [-0.39, 0.29) is 5.91 Å². The van der Waals surface area contributed by atoms with Gasteiger partial charge in [-0.1, -0.05) is 37.5 Å². The molecule has 0 saturated heterocycles. The Morgan fingerprint density at radius 1 is 1.20 bits per heavy atom. The van der Waals surface area contributed by atoms with Gasteiger partial charge in [0, 0.05) is 24.9 Å². The Labute approximate surface area is 151 Å². The summed E-state index contributed by atoms with van der Waals surface area (Å²) in [6.07, 6.45) is 9.94. The summed E-state index contributed by atoms with van der Waals surface area (Å²) < 4.78 is 5.92. The van der Waals surface area contributed by atoms with Crippen LogP contribution in [0.15, 0.2) is 24.3 Å². The predicted octanol–water partition coefficient (Wildman–Crippen LogP) is 3.68. The maximum Gasteiger partial charge on any atom is 0.239 e. The third kappa shape index (κ3) is 5.21. The number of ether oxygens (including phenoxy) is 1. The van der Waals surface area contributed by atoms with Crippen LogP contribution in [0, 0.1) is 0 Å². The van der Waals surface area contributed by atoms with E-state index in [1.807, 2.05) is 0 Å². The van der Waals surface area contributed by atoms with Crippen molar-refractivity contribution in [2.24, 2.45) is 0 Å². The van der Waals surface area contributed by atoms with Crippen LogP contribution in [-0.4, -0.2) is 37.7 Å². The molecule has 1 atom stereocenters. The van der Waals surface area contributed by atoms with Crippen LogP contribution >= 0.6 is 0 Å². The van der Waals surface area contributed by atoms with E-state index in [1.54, 1.807) is 0 Å². The fourth-order valence-corrected chi connectivity index (χ4v) is 3.99. The molecule has 2 aliphatic rings. The van der Waals surface area contributed by atoms with Crippen LogP contribution in [0.25, 0.3) is 0 Å². The molecule has 1 heterocycles. The van der Waals surface area contributed by atoms with Gasteiger partial charge in [0.2, 0.25) is 5.91 Å². The molecular weight excluding hydrogens is 312 g/mol. The third-order valence-electron chi connectivity index (χ3n) is 5.53. The van der Waals surface area contributed by atoms with Gasteiger partial charge in [0.1, 0.15) is 0 Å². The lowest BCUT2D eigenvalue weighted by Crippen LogP contribution is -2.44. The molecule has 0 aromatic heterocycles. The highest BCUT2D eigenvalue weighted by Crippen LogP contribution is 2.29. The summed E-state index contributed by atoms with van der Waals surface area (Å²) >= 11 is 0. The molecule has 1 aromatic carbocycles. The molecule has 1 aromatic rings. The van der Waals surface area contributed by atoms with Crippen molar-refractivity contribution in [2.45, 2.75) is 70.4 Å². The molecule has 1 aliphatic heterocycles. The summed E-state index contributed by atoms with van der Waals surface area (Å²) in [7, 11) is 0. The molecular formula is C21H32N2O2. The maximum absolute atomic E-state index is 12.3. The summed E-state index contributed by atoms with van der Waals surface area (Å²) in [4.78, 5) is 14.6. The van der Waals surface area contributed by atoms with Gasteiger partial charge >= 0.3 is 0 Å². The van der Waals surface area contributed by atoms with Gasteiger partial charge in [-0.15, -0.1) is 0 Å². The van der Waals surface area contributed by atoms with Crippen molar-refractivity contribution in [3.8, 4) is 0 Å². The molecule has 4 heteroatoms. The standard InChI is InChI=1S/C21H32N2O2/c1-17-12-13-18-8-5-6-11-20(18)23(17)16-21(24)22-14-7-15-25-19-9-3-2-4-10-19/h5-6,8,11,17,19H,2-4,7,9-10,12-16H2,1H3,(H,22,24). The largest absolute Gasteiger partial charge is 0.378 e. The summed E-state index contributed by atoms with van der Waals surface area (Å²) in [5, 5.41) is 3.06. The van der Waals surface area contributed by atoms with E-state index in [4.69, 9.17) is 4.74 Å². The minimum atomic E-state index is 0.112. The van der Waals surface area contributed by atoms with E-state index in [0.29, 0.717) is 25.2 Å². The second-order valence-corrected chi connectivity index (χ2v) is 7.48. The lowest BCUT2D eigenvalue weighted by Gasteiger charge is -2.36. The van der Waals surface area contributed by atoms with Gasteiger partial charge in [-0.2, -0.15) is 0 Å². The minimum Gasteiger partial charge on any atom is -0.378 e. The Hall–Kier alpha value is -1.55. The Bertz CT molecular complexity index is 555. The van der Waals surface area contributed by atoms with Crippen molar-refractivity contribution in [1.29, 1.82) is 0 Å². The van der Waals surface area contributed by atoms with E-state index in [9.17, 15) is 4.79 Å². The molecule has 0 radical (unpaired) electrons. The second-order valence-electron chi connectivity index (χ2n) is 7.48. The summed E-state index contributed by atoms with van der Waals surface area (Å²) in [5.74, 6) is 0.112. The van der Waals surface area contributed by atoms with Crippen molar-refractivity contribution in [3.05, 3.63) is 29.8 Å². The average molecular weight is 344 g/mol. The fourth-order valence-electron chi connectivity index (χ4n) is 3.99. The van der Waals surface area contributed by atoms with Crippen molar-refractivity contribution in [1.82, 2.24) is 5.32 Å². The zero-order chi connectivity index (χ0) is 17.5. The summed E-state index contributed by atoms with van der Waals surface area (Å²) in [6.45, 7) is 4.12. The van der Waals surface area contributed by atoms with Gasteiger partial charge in [0.25, 0.3) is 0 Å². The molecule has 1 aliphatic carbocycles. The van der Waals surface area contributed by atoms with Crippen molar-refractivity contribution in [2.75, 3.05) is 24.6 Å². The van der Waals surface area contributed by atoms with Crippen molar-refractivity contribution >= 4 is 11.6 Å². The first kappa shape index (κ1) is 18.2. The number of fused-ring (bicyclic) bond motifs is 1. The Balaban J connectivity index is 1.37. The zero-order valence-corrected chi connectivity index (χ0v) is 15.5. The number of hydrogen-bond donors (Lipinski definition) is 1. The van der Waals surface area contributed by atoms with E-state index >= 15 is 0 Å². The molecule has 1 fully saturated rings. The van der Waals surface area contributed by atoms with E-state index in [2.05, 4.69) is 41.4 Å². The number of carbonyl (C=O) groups excluding carboxylic acids is 1. The molecule has 0 spiro atoms. The number of benzene rings is 1. The van der Waals surface area contributed by atoms with Gasteiger partial charge in [0.05, 0.1) is 12.6 Å². The second kappa shape index (κ2) is 9.23. The molecule has 1 N–H and O–H groups in total. The lowest BCUT2D eigenvalue weighted by molar-refractivity contribution is -0.119. The number of anilines is 1. The predicted molar refractivity (Wildman–Crippen MR) is 102 cm³/mol. The van der Waals surface area contributed by atoms with E-state index in [0.717, 1.165) is 25.9 Å². The maximum atomic E-state index is 12.3. The fraction of sp³-hybridized carbons (Fsp3) is 0.667. The van der Waals surface area contributed by atoms with Gasteiger partial charge in [0.15, 0.2) is 0 Å². The number of rotatable bonds is 7. The minimum absolute atomic E-state index is 0.112. The van der Waals surface area contributed by atoms with Crippen LogP contribution in [0.4, 0.5) is 5.69 Å². The van der Waals surface area contributed by atoms with E-state index < -0.39 is 0 Å². The monoisotopic (exact) mass is 344 g/mol. The number of amides is 1. The molecule has 3 rings (SSSR count). The van der Waals surface area contributed by atoms with Crippen molar-refractivity contribution < 1.29 is 9.53 Å². The first-order chi connectivity index (χ1) is 12.2. The lowest BCUT2D eigenvalue weighted by atomic mass is 9.96. The zero-order valence-electron chi connectivity index (χ0n) is 15.5. The molecule has 4 nitrogen and oxygen atoms in total. The van der Waals surface area contributed by atoms with Crippen LogP contribution < -0.4 is 10.2 Å².